The van der Waals surface area contributed by atoms with Crippen molar-refractivity contribution in [2.75, 3.05) is 25.0 Å². The van der Waals surface area contributed by atoms with Gasteiger partial charge in [-0.15, -0.1) is 0 Å². The summed E-state index contributed by atoms with van der Waals surface area (Å²) in [6.07, 6.45) is 7.13. The number of fused-ring (bicyclic) bond motifs is 3. The summed E-state index contributed by atoms with van der Waals surface area (Å²) in [5.74, 6) is 1.38. The van der Waals surface area contributed by atoms with E-state index in [2.05, 4.69) is 39.3 Å². The molecule has 0 aliphatic carbocycles. The summed E-state index contributed by atoms with van der Waals surface area (Å²) in [4.78, 5) is 31.7. The van der Waals surface area contributed by atoms with Crippen molar-refractivity contribution in [1.82, 2.24) is 19.6 Å². The molecular formula is C27H35N5O2. The number of anilines is 1. The second-order valence-electron chi connectivity index (χ2n) is 9.78. The Labute approximate surface area is 200 Å². The van der Waals surface area contributed by atoms with Crippen LogP contribution in [0, 0.1) is 13.8 Å². The monoisotopic (exact) mass is 461 g/mol. The molecule has 2 saturated heterocycles. The normalized spacial score (nSPS) is 18.3. The topological polar surface area (TPSA) is 78.7 Å². The standard InChI is InChI=1S/C27H35N5O2/c1-18-26-22(12-11-20-8-7-15-28-20)21-9-3-4-10-23(21)32(26)19(2)29-27(18)30-24(33)13-14-25(34)31-16-5-6-17-31/h3-4,9-10,20,28H,5-8,11-17H2,1-2H3,(H,30,33). The van der Waals surface area contributed by atoms with E-state index in [9.17, 15) is 9.59 Å². The quantitative estimate of drug-likeness (QED) is 0.555. The minimum absolute atomic E-state index is 0.0737. The smallest absolute Gasteiger partial charge is 0.226 e. The van der Waals surface area contributed by atoms with Crippen LogP contribution in [0.4, 0.5) is 5.82 Å². The van der Waals surface area contributed by atoms with E-state index in [0.717, 1.165) is 67.7 Å². The Morgan fingerprint density at radius 3 is 2.68 bits per heavy atom. The lowest BCUT2D eigenvalue weighted by molar-refractivity contribution is -0.131. The minimum atomic E-state index is -0.153. The second-order valence-corrected chi connectivity index (χ2v) is 9.78. The average Bonchev–Trinajstić information content (AvgIpc) is 3.60. The van der Waals surface area contributed by atoms with E-state index in [-0.39, 0.29) is 24.7 Å². The lowest BCUT2D eigenvalue weighted by atomic mass is 10.0. The molecule has 2 aromatic heterocycles. The van der Waals surface area contributed by atoms with Gasteiger partial charge < -0.3 is 15.5 Å². The number of nitrogens with one attached hydrogen (secondary N) is 2. The zero-order valence-electron chi connectivity index (χ0n) is 20.3. The first-order valence-corrected chi connectivity index (χ1v) is 12.7. The van der Waals surface area contributed by atoms with Gasteiger partial charge in [-0.2, -0.15) is 0 Å². The number of hydrogen-bond acceptors (Lipinski definition) is 4. The SMILES string of the molecule is Cc1c(NC(=O)CCC(=O)N2CCCC2)nc(C)n2c1c(CCC1CCCN1)c1ccccc12. The molecule has 2 N–H and O–H groups in total. The summed E-state index contributed by atoms with van der Waals surface area (Å²) in [6, 6.07) is 9.08. The molecule has 7 heteroatoms. The molecule has 5 rings (SSSR count). The van der Waals surface area contributed by atoms with E-state index < -0.39 is 0 Å². The van der Waals surface area contributed by atoms with Crippen molar-refractivity contribution in [3.05, 3.63) is 41.2 Å². The molecule has 0 saturated carbocycles. The van der Waals surface area contributed by atoms with Crippen LogP contribution in [0.3, 0.4) is 0 Å². The number of rotatable bonds is 7. The maximum Gasteiger partial charge on any atom is 0.226 e. The molecule has 180 valence electrons. The summed E-state index contributed by atoms with van der Waals surface area (Å²) < 4.78 is 2.23. The minimum Gasteiger partial charge on any atom is -0.343 e. The number of likely N-dealkylation sites (tertiary alicyclic amines) is 1. The van der Waals surface area contributed by atoms with Crippen LogP contribution in [0.1, 0.15) is 61.9 Å². The summed E-state index contributed by atoms with van der Waals surface area (Å²) in [5, 5.41) is 7.88. The van der Waals surface area contributed by atoms with Crippen LogP contribution in [-0.4, -0.2) is 51.8 Å². The summed E-state index contributed by atoms with van der Waals surface area (Å²) in [5.41, 5.74) is 4.62. The van der Waals surface area contributed by atoms with Gasteiger partial charge in [0.25, 0.3) is 0 Å². The van der Waals surface area contributed by atoms with Crippen LogP contribution < -0.4 is 10.6 Å². The van der Waals surface area contributed by atoms with E-state index in [4.69, 9.17) is 4.98 Å². The fourth-order valence-electron chi connectivity index (χ4n) is 5.68. The molecule has 34 heavy (non-hydrogen) atoms. The lowest BCUT2D eigenvalue weighted by Crippen LogP contribution is -2.28. The Kier molecular flexibility index (Phi) is 6.55. The average molecular weight is 462 g/mol. The van der Waals surface area contributed by atoms with Crippen molar-refractivity contribution in [1.29, 1.82) is 0 Å². The highest BCUT2D eigenvalue weighted by Crippen LogP contribution is 2.33. The van der Waals surface area contributed by atoms with Gasteiger partial charge in [0.1, 0.15) is 11.6 Å². The van der Waals surface area contributed by atoms with Gasteiger partial charge in [0.2, 0.25) is 11.8 Å². The van der Waals surface area contributed by atoms with E-state index in [0.29, 0.717) is 11.9 Å². The van der Waals surface area contributed by atoms with Crippen molar-refractivity contribution in [2.45, 2.75) is 71.3 Å². The largest absolute Gasteiger partial charge is 0.343 e. The molecule has 7 nitrogen and oxygen atoms in total. The Hall–Kier alpha value is -2.93. The van der Waals surface area contributed by atoms with Gasteiger partial charge in [0, 0.05) is 42.9 Å². The van der Waals surface area contributed by atoms with Crippen LogP contribution in [0.2, 0.25) is 0 Å². The first-order valence-electron chi connectivity index (χ1n) is 12.7. The van der Waals surface area contributed by atoms with Crippen LogP contribution in [-0.2, 0) is 16.0 Å². The molecule has 1 unspecified atom stereocenters. The number of nitrogens with zero attached hydrogens (tertiary/aromatic N) is 3. The summed E-state index contributed by atoms with van der Waals surface area (Å²) in [6.45, 7) is 6.78. The molecule has 2 fully saturated rings. The number of benzene rings is 1. The first-order chi connectivity index (χ1) is 16.5. The van der Waals surface area contributed by atoms with Crippen molar-refractivity contribution >= 4 is 34.1 Å². The molecule has 0 radical (unpaired) electrons. The van der Waals surface area contributed by atoms with Crippen molar-refractivity contribution in [3.8, 4) is 0 Å². The molecule has 1 aromatic carbocycles. The van der Waals surface area contributed by atoms with Crippen LogP contribution in [0.5, 0.6) is 0 Å². The van der Waals surface area contributed by atoms with Crippen molar-refractivity contribution in [2.24, 2.45) is 0 Å². The molecule has 3 aromatic rings. The highest BCUT2D eigenvalue weighted by atomic mass is 16.2. The number of amides is 2. The number of carbonyl (C=O) groups excluding carboxylic acids is 2. The van der Waals surface area contributed by atoms with Gasteiger partial charge in [0.15, 0.2) is 0 Å². The van der Waals surface area contributed by atoms with Crippen molar-refractivity contribution in [3.63, 3.8) is 0 Å². The molecule has 0 bridgehead atoms. The summed E-state index contributed by atoms with van der Waals surface area (Å²) in [7, 11) is 0. The molecule has 0 spiro atoms. The first kappa shape index (κ1) is 22.8. The molecular weight excluding hydrogens is 426 g/mol. The van der Waals surface area contributed by atoms with Gasteiger partial charge in [0.05, 0.1) is 11.0 Å². The predicted octanol–water partition coefficient (Wildman–Crippen LogP) is 4.13. The van der Waals surface area contributed by atoms with E-state index in [1.807, 2.05) is 18.7 Å². The molecule has 2 aliphatic rings. The predicted molar refractivity (Wildman–Crippen MR) is 135 cm³/mol. The number of para-hydroxylation sites is 1. The van der Waals surface area contributed by atoms with Gasteiger partial charge >= 0.3 is 0 Å². The second kappa shape index (κ2) is 9.74. The summed E-state index contributed by atoms with van der Waals surface area (Å²) >= 11 is 0. The maximum absolute atomic E-state index is 12.8. The third kappa shape index (κ3) is 4.41. The Morgan fingerprint density at radius 2 is 1.91 bits per heavy atom. The maximum atomic E-state index is 12.8. The van der Waals surface area contributed by atoms with Gasteiger partial charge in [-0.05, 0) is 70.5 Å². The Morgan fingerprint density at radius 1 is 1.12 bits per heavy atom. The molecule has 2 aliphatic heterocycles. The van der Waals surface area contributed by atoms with Gasteiger partial charge in [-0.1, -0.05) is 18.2 Å². The fourth-order valence-corrected chi connectivity index (χ4v) is 5.68. The number of aryl methyl sites for hydroxylation is 3. The van der Waals surface area contributed by atoms with Crippen LogP contribution in [0.15, 0.2) is 24.3 Å². The third-order valence-electron chi connectivity index (χ3n) is 7.47. The highest BCUT2D eigenvalue weighted by molar-refractivity contribution is 5.97. The molecule has 4 heterocycles. The van der Waals surface area contributed by atoms with Crippen LogP contribution >= 0.6 is 0 Å². The highest BCUT2D eigenvalue weighted by Gasteiger charge is 2.22. The fraction of sp³-hybridized carbons (Fsp3) is 0.519. The van der Waals surface area contributed by atoms with Gasteiger partial charge in [-0.25, -0.2) is 4.98 Å². The number of carbonyl (C=O) groups is 2. The van der Waals surface area contributed by atoms with Crippen LogP contribution in [0.25, 0.3) is 16.4 Å². The lowest BCUT2D eigenvalue weighted by Gasteiger charge is -2.16. The third-order valence-corrected chi connectivity index (χ3v) is 7.47. The molecule has 2 amide bonds. The van der Waals surface area contributed by atoms with E-state index >= 15 is 0 Å². The number of hydrogen-bond donors (Lipinski definition) is 2. The van der Waals surface area contributed by atoms with Gasteiger partial charge in [-0.3, -0.25) is 14.0 Å². The van der Waals surface area contributed by atoms with Crippen molar-refractivity contribution < 1.29 is 9.59 Å². The zero-order chi connectivity index (χ0) is 23.7. The zero-order valence-corrected chi connectivity index (χ0v) is 20.3. The van der Waals surface area contributed by atoms with E-state index in [1.54, 1.807) is 0 Å². The Bertz CT molecular complexity index is 1220. The Balaban J connectivity index is 1.42. The number of aromatic nitrogens is 2. The van der Waals surface area contributed by atoms with E-state index in [1.165, 1.54) is 23.8 Å². The molecule has 1 atom stereocenters.